The molecule has 0 radical (unpaired) electrons. The molecule has 1 atom stereocenters. The van der Waals surface area contributed by atoms with Gasteiger partial charge in [-0.1, -0.05) is 6.07 Å². The lowest BCUT2D eigenvalue weighted by molar-refractivity contribution is 0.0693. The molecule has 0 spiro atoms. The average molecular weight is 367 g/mol. The van der Waals surface area contributed by atoms with Crippen LogP contribution in [-0.2, 0) is 10.1 Å². The second kappa shape index (κ2) is 5.82. The first-order valence-electron chi connectivity index (χ1n) is 5.47. The van der Waals surface area contributed by atoms with Gasteiger partial charge in [-0.2, -0.15) is 13.4 Å². The standard InChI is InChI=1S/C10H8Cl2N4O5S/c11-9-14-7(16(13)10(12)15-9)5-2-1-4(22(19,20)21)3-6(5)8(17)18/h1-3,7H,13H2,(H,17,18)(H,19,20,21). The summed E-state index contributed by atoms with van der Waals surface area (Å²) in [6.45, 7) is 0. The number of rotatable bonds is 3. The van der Waals surface area contributed by atoms with Gasteiger partial charge in [0, 0.05) is 5.56 Å². The highest BCUT2D eigenvalue weighted by Crippen LogP contribution is 2.29. The third kappa shape index (κ3) is 3.20. The molecule has 1 aliphatic rings. The van der Waals surface area contributed by atoms with Crippen LogP contribution in [-0.4, -0.2) is 39.6 Å². The number of halogens is 2. The predicted octanol–water partition coefficient (Wildman–Crippen LogP) is 1.01. The smallest absolute Gasteiger partial charge is 0.336 e. The maximum absolute atomic E-state index is 11.3. The Balaban J connectivity index is 2.61. The van der Waals surface area contributed by atoms with E-state index in [2.05, 4.69) is 9.98 Å². The van der Waals surface area contributed by atoms with Gasteiger partial charge in [-0.3, -0.25) is 9.56 Å². The minimum absolute atomic E-state index is 0.0219. The van der Waals surface area contributed by atoms with Gasteiger partial charge >= 0.3 is 5.97 Å². The van der Waals surface area contributed by atoms with Crippen LogP contribution in [0.15, 0.2) is 33.1 Å². The predicted molar refractivity (Wildman–Crippen MR) is 78.6 cm³/mol. The Bertz CT molecular complexity index is 808. The van der Waals surface area contributed by atoms with Gasteiger partial charge in [0.1, 0.15) is 0 Å². The van der Waals surface area contributed by atoms with E-state index >= 15 is 0 Å². The number of nitrogens with two attached hydrogens (primary N) is 1. The molecule has 0 bridgehead atoms. The van der Waals surface area contributed by atoms with Crippen LogP contribution >= 0.6 is 23.2 Å². The zero-order valence-corrected chi connectivity index (χ0v) is 12.8. The van der Waals surface area contributed by atoms with Gasteiger partial charge in [0.05, 0.1) is 10.5 Å². The van der Waals surface area contributed by atoms with Gasteiger partial charge in [0.25, 0.3) is 10.1 Å². The normalized spacial score (nSPS) is 18.7. The highest BCUT2D eigenvalue weighted by molar-refractivity contribution is 7.85. The molecule has 1 aliphatic heterocycles. The molecule has 0 saturated heterocycles. The fourth-order valence-electron chi connectivity index (χ4n) is 1.75. The SMILES string of the molecule is NN1C(Cl)=NC(Cl)=NC1c1ccc(S(=O)(=O)O)cc1C(=O)O. The molecule has 118 valence electrons. The number of hydrazine groups is 1. The molecule has 0 amide bonds. The lowest BCUT2D eigenvalue weighted by atomic mass is 10.0. The van der Waals surface area contributed by atoms with Crippen LogP contribution in [0.2, 0.25) is 0 Å². The van der Waals surface area contributed by atoms with Crippen molar-refractivity contribution >= 4 is 49.9 Å². The maximum Gasteiger partial charge on any atom is 0.336 e. The minimum Gasteiger partial charge on any atom is -0.478 e. The van der Waals surface area contributed by atoms with Crippen molar-refractivity contribution in [1.29, 1.82) is 0 Å². The molecule has 1 heterocycles. The van der Waals surface area contributed by atoms with Crippen LogP contribution in [0.4, 0.5) is 0 Å². The molecule has 1 aromatic carbocycles. The molecular weight excluding hydrogens is 359 g/mol. The fourth-order valence-corrected chi connectivity index (χ4v) is 2.65. The number of nitrogens with zero attached hydrogens (tertiary/aromatic N) is 3. The number of hydrogen-bond donors (Lipinski definition) is 3. The lowest BCUT2D eigenvalue weighted by Crippen LogP contribution is -2.40. The summed E-state index contributed by atoms with van der Waals surface area (Å²) in [5.74, 6) is 4.21. The molecule has 4 N–H and O–H groups in total. The number of carbonyl (C=O) groups is 1. The van der Waals surface area contributed by atoms with Gasteiger partial charge in [0.2, 0.25) is 10.6 Å². The molecule has 0 saturated carbocycles. The van der Waals surface area contributed by atoms with Crippen LogP contribution < -0.4 is 5.84 Å². The van der Waals surface area contributed by atoms with Crippen molar-refractivity contribution in [3.8, 4) is 0 Å². The van der Waals surface area contributed by atoms with E-state index < -0.39 is 32.7 Å². The highest BCUT2D eigenvalue weighted by atomic mass is 35.5. The molecule has 0 fully saturated rings. The Morgan fingerprint density at radius 1 is 1.36 bits per heavy atom. The molecule has 9 nitrogen and oxygen atoms in total. The molecule has 22 heavy (non-hydrogen) atoms. The molecule has 12 heteroatoms. The second-order valence-corrected chi connectivity index (χ2v) is 6.19. The number of amidine groups is 2. The van der Waals surface area contributed by atoms with E-state index in [0.29, 0.717) is 0 Å². The Morgan fingerprint density at radius 3 is 2.55 bits per heavy atom. The maximum atomic E-state index is 11.3. The van der Waals surface area contributed by atoms with Gasteiger partial charge in [-0.25, -0.2) is 15.6 Å². The number of hydrogen-bond acceptors (Lipinski definition) is 7. The zero-order valence-electron chi connectivity index (χ0n) is 10.5. The summed E-state index contributed by atoms with van der Waals surface area (Å²) < 4.78 is 31.2. The van der Waals surface area contributed by atoms with E-state index in [1.165, 1.54) is 0 Å². The first kappa shape index (κ1) is 16.6. The summed E-state index contributed by atoms with van der Waals surface area (Å²) in [5.41, 5.74) is -0.413. The van der Waals surface area contributed by atoms with Crippen molar-refractivity contribution in [2.45, 2.75) is 11.1 Å². The Morgan fingerprint density at radius 2 is 2.00 bits per heavy atom. The highest BCUT2D eigenvalue weighted by Gasteiger charge is 2.29. The summed E-state index contributed by atoms with van der Waals surface area (Å²) >= 11 is 11.4. The van der Waals surface area contributed by atoms with Crippen molar-refractivity contribution in [3.05, 3.63) is 29.3 Å². The van der Waals surface area contributed by atoms with Gasteiger partial charge in [-0.05, 0) is 35.3 Å². The van der Waals surface area contributed by atoms with E-state index in [4.69, 9.17) is 33.6 Å². The summed E-state index contributed by atoms with van der Waals surface area (Å²) in [6.07, 6.45) is -1.11. The summed E-state index contributed by atoms with van der Waals surface area (Å²) in [5, 5.41) is 9.62. The number of benzene rings is 1. The number of carboxylic acids is 1. The monoisotopic (exact) mass is 366 g/mol. The van der Waals surface area contributed by atoms with Crippen LogP contribution in [0, 0.1) is 0 Å². The van der Waals surface area contributed by atoms with Crippen LogP contribution in [0.1, 0.15) is 22.1 Å². The van der Waals surface area contributed by atoms with Crippen molar-refractivity contribution in [3.63, 3.8) is 0 Å². The molecule has 1 unspecified atom stereocenters. The van der Waals surface area contributed by atoms with Crippen molar-refractivity contribution < 1.29 is 22.9 Å². The first-order valence-corrected chi connectivity index (χ1v) is 7.67. The second-order valence-electron chi connectivity index (χ2n) is 4.09. The summed E-state index contributed by atoms with van der Waals surface area (Å²) in [4.78, 5) is 18.2. The van der Waals surface area contributed by atoms with Gasteiger partial charge < -0.3 is 5.11 Å². The van der Waals surface area contributed by atoms with E-state index in [-0.39, 0.29) is 16.2 Å². The van der Waals surface area contributed by atoms with Crippen LogP contribution in [0.25, 0.3) is 0 Å². The number of aromatic carboxylic acids is 1. The largest absolute Gasteiger partial charge is 0.478 e. The van der Waals surface area contributed by atoms with E-state index in [1.807, 2.05) is 0 Å². The Kier molecular flexibility index (Phi) is 4.40. The van der Waals surface area contributed by atoms with Gasteiger partial charge in [-0.15, -0.1) is 0 Å². The van der Waals surface area contributed by atoms with Crippen molar-refractivity contribution in [2.75, 3.05) is 0 Å². The molecular formula is C10H8Cl2N4O5S. The molecule has 0 aromatic heterocycles. The average Bonchev–Trinajstić information content (AvgIpc) is 2.41. The van der Waals surface area contributed by atoms with E-state index in [9.17, 15) is 18.3 Å². The molecule has 1 aromatic rings. The van der Waals surface area contributed by atoms with Crippen LogP contribution in [0.3, 0.4) is 0 Å². The zero-order chi connectivity index (χ0) is 16.7. The Hall–Kier alpha value is -1.72. The third-order valence-electron chi connectivity index (χ3n) is 2.72. The number of carboxylic acid groups (broad SMARTS) is 1. The fraction of sp³-hybridized carbons (Fsp3) is 0.100. The summed E-state index contributed by atoms with van der Waals surface area (Å²) in [6, 6.07) is 2.93. The number of aliphatic imine (C=N–C) groups is 2. The molecule has 2 rings (SSSR count). The minimum atomic E-state index is -4.56. The van der Waals surface area contributed by atoms with Crippen molar-refractivity contribution in [2.24, 2.45) is 15.8 Å². The van der Waals surface area contributed by atoms with E-state index in [1.54, 1.807) is 0 Å². The van der Waals surface area contributed by atoms with E-state index in [0.717, 1.165) is 23.2 Å². The molecule has 0 aliphatic carbocycles. The topological polar surface area (TPSA) is 146 Å². The third-order valence-corrected chi connectivity index (χ3v) is 4.03. The van der Waals surface area contributed by atoms with Gasteiger partial charge in [0.15, 0.2) is 6.17 Å². The lowest BCUT2D eigenvalue weighted by Gasteiger charge is -2.28. The first-order chi connectivity index (χ1) is 10.1. The van der Waals surface area contributed by atoms with Crippen LogP contribution in [0.5, 0.6) is 0 Å². The quantitative estimate of drug-likeness (QED) is 0.410. The summed E-state index contributed by atoms with van der Waals surface area (Å²) in [7, 11) is -4.56. The Labute approximate surface area is 134 Å². The van der Waals surface area contributed by atoms with Crippen molar-refractivity contribution in [1.82, 2.24) is 5.01 Å².